The SMILES string of the molecule is C=C(C)C1CC[C@]2(C(=O)O)CC[C@]3(C)[C@H](CC[C@@H]4[C@@]5(C)CC[C@H](O[C@@H]6O[C@H](C(=O)O)[C@@H](O)[C@H](O)[C@H]6O[C@@H]6OC[C@@H](O)[C@H](O)[C@H]6O)[C@@](C)(CO)C5CC[C@]43C)C12. The Labute approximate surface area is 323 Å². The van der Waals surface area contributed by atoms with Crippen LogP contribution in [-0.4, -0.2) is 127 Å². The summed E-state index contributed by atoms with van der Waals surface area (Å²) in [4.78, 5) is 25.2. The molecule has 0 aromatic carbocycles. The number of allylic oxidation sites excluding steroid dienone is 1. The molecule has 0 amide bonds. The predicted molar refractivity (Wildman–Crippen MR) is 194 cm³/mol. The zero-order valence-corrected chi connectivity index (χ0v) is 32.9. The molecule has 312 valence electrons. The number of carbonyl (C=O) groups is 2. The standard InChI is InChI=1S/C41H64O14/c1-19(2)20-9-14-41(36(50)51)16-15-39(5)21(26(20)41)7-8-24-37(3)12-11-25(38(4,18-42)23(37)10-13-40(24,39)6)53-35-32(29(46)28(45)31(54-35)33(48)49)55-34-30(47)27(44)22(43)17-52-34/h20-32,34-35,42-47H,1,7-18H2,2-6H3,(H,48,49)(H,50,51)/t20?,21-,22-,23?,24-,25+,26?,27+,28+,29+,30-,31+,32-,34+,35-,37+,38+,39-,40-,41+/m1/s1. The quantitative estimate of drug-likeness (QED) is 0.131. The summed E-state index contributed by atoms with van der Waals surface area (Å²) in [5.74, 6) is -1.42. The van der Waals surface area contributed by atoms with E-state index >= 15 is 0 Å². The maximum atomic E-state index is 13.1. The van der Waals surface area contributed by atoms with Crippen molar-refractivity contribution in [2.45, 2.75) is 160 Å². The number of rotatable bonds is 8. The molecule has 2 saturated heterocycles. The van der Waals surface area contributed by atoms with Gasteiger partial charge in [0.05, 0.1) is 24.7 Å². The Kier molecular flexibility index (Phi) is 10.7. The molecule has 0 aromatic rings. The van der Waals surface area contributed by atoms with Gasteiger partial charge in [-0.3, -0.25) is 4.79 Å². The summed E-state index contributed by atoms with van der Waals surface area (Å²) in [6, 6.07) is 0. The van der Waals surface area contributed by atoms with Crippen LogP contribution in [-0.2, 0) is 28.5 Å². The van der Waals surface area contributed by atoms with Crippen molar-refractivity contribution in [1.29, 1.82) is 0 Å². The average Bonchev–Trinajstić information content (AvgIpc) is 3.54. The number of hydrogen-bond donors (Lipinski definition) is 8. The Hall–Kier alpha value is -1.72. The third kappa shape index (κ3) is 5.93. The highest BCUT2D eigenvalue weighted by molar-refractivity contribution is 5.76. The van der Waals surface area contributed by atoms with Crippen molar-refractivity contribution >= 4 is 11.9 Å². The van der Waals surface area contributed by atoms with Crippen molar-refractivity contribution in [2.75, 3.05) is 13.2 Å². The van der Waals surface area contributed by atoms with Crippen LogP contribution in [0.1, 0.15) is 98.8 Å². The summed E-state index contributed by atoms with van der Waals surface area (Å²) in [6.45, 7) is 15.0. The number of ether oxygens (including phenoxy) is 4. The summed E-state index contributed by atoms with van der Waals surface area (Å²) >= 11 is 0. The normalized spacial score (nSPS) is 55.0. The van der Waals surface area contributed by atoms with Crippen LogP contribution < -0.4 is 0 Å². The number of hydrogen-bond acceptors (Lipinski definition) is 12. The first-order valence-corrected chi connectivity index (χ1v) is 20.4. The lowest BCUT2D eigenvalue weighted by molar-refractivity contribution is -0.368. The highest BCUT2D eigenvalue weighted by atomic mass is 16.8. The number of fused-ring (bicyclic) bond motifs is 7. The van der Waals surface area contributed by atoms with Crippen molar-refractivity contribution in [3.05, 3.63) is 12.2 Å². The molecule has 0 spiro atoms. The van der Waals surface area contributed by atoms with Gasteiger partial charge in [-0.15, -0.1) is 0 Å². The molecule has 7 fully saturated rings. The molecule has 0 aromatic heterocycles. The fraction of sp³-hybridized carbons (Fsp3) is 0.902. The van der Waals surface area contributed by atoms with Crippen molar-refractivity contribution < 1.29 is 69.4 Å². The minimum absolute atomic E-state index is 0.0211. The second-order valence-corrected chi connectivity index (χ2v) is 19.6. The summed E-state index contributed by atoms with van der Waals surface area (Å²) in [5.41, 5.74) is -0.866. The van der Waals surface area contributed by atoms with Gasteiger partial charge in [0.15, 0.2) is 18.7 Å². The number of aliphatic hydroxyl groups is 6. The Bertz CT molecular complexity index is 1510. The molecule has 55 heavy (non-hydrogen) atoms. The van der Waals surface area contributed by atoms with Crippen LogP contribution in [0.3, 0.4) is 0 Å². The molecule has 2 heterocycles. The van der Waals surface area contributed by atoms with Gasteiger partial charge < -0.3 is 59.8 Å². The van der Waals surface area contributed by atoms with Crippen LogP contribution >= 0.6 is 0 Å². The molecule has 5 saturated carbocycles. The summed E-state index contributed by atoms with van der Waals surface area (Å²) in [6.07, 6.45) is -7.96. The number of carboxylic acids is 2. The predicted octanol–water partition coefficient (Wildman–Crippen LogP) is 2.44. The van der Waals surface area contributed by atoms with Crippen molar-refractivity contribution in [2.24, 2.45) is 56.7 Å². The largest absolute Gasteiger partial charge is 0.481 e. The third-order valence-electron chi connectivity index (χ3n) is 17.4. The number of carboxylic acid groups (broad SMARTS) is 2. The molecule has 7 aliphatic rings. The third-order valence-corrected chi connectivity index (χ3v) is 17.4. The lowest BCUT2D eigenvalue weighted by atomic mass is 9.32. The molecule has 14 nitrogen and oxygen atoms in total. The molecule has 7 rings (SSSR count). The van der Waals surface area contributed by atoms with Gasteiger partial charge >= 0.3 is 11.9 Å². The van der Waals surface area contributed by atoms with Crippen molar-refractivity contribution in [1.82, 2.24) is 0 Å². The van der Waals surface area contributed by atoms with Crippen molar-refractivity contribution in [3.63, 3.8) is 0 Å². The highest BCUT2D eigenvalue weighted by Crippen LogP contribution is 2.77. The van der Waals surface area contributed by atoms with E-state index in [1.807, 2.05) is 6.92 Å². The molecular formula is C41H64O14. The van der Waals surface area contributed by atoms with Gasteiger partial charge in [-0.2, -0.15) is 0 Å². The molecule has 5 aliphatic carbocycles. The molecular weight excluding hydrogens is 716 g/mol. The first-order chi connectivity index (χ1) is 25.7. The molecule has 0 radical (unpaired) electrons. The van der Waals surface area contributed by atoms with E-state index in [0.717, 1.165) is 50.5 Å². The summed E-state index contributed by atoms with van der Waals surface area (Å²) < 4.78 is 23.7. The van der Waals surface area contributed by atoms with E-state index in [0.29, 0.717) is 19.3 Å². The van der Waals surface area contributed by atoms with Crippen LogP contribution in [0, 0.1) is 56.7 Å². The number of aliphatic hydroxyl groups excluding tert-OH is 6. The van der Waals surface area contributed by atoms with Crippen LogP contribution in [0.2, 0.25) is 0 Å². The topological polar surface area (TPSA) is 233 Å². The Morgan fingerprint density at radius 3 is 2.11 bits per heavy atom. The first-order valence-electron chi connectivity index (χ1n) is 20.4. The van der Waals surface area contributed by atoms with Gasteiger partial charge in [-0.1, -0.05) is 39.8 Å². The molecule has 8 N–H and O–H groups in total. The minimum atomic E-state index is -1.93. The van der Waals surface area contributed by atoms with Crippen LogP contribution in [0.15, 0.2) is 12.2 Å². The van der Waals surface area contributed by atoms with Gasteiger partial charge in [-0.25, -0.2) is 4.79 Å². The van der Waals surface area contributed by atoms with E-state index in [2.05, 4.69) is 34.3 Å². The second kappa shape index (κ2) is 14.2. The smallest absolute Gasteiger partial charge is 0.335 e. The lowest BCUT2D eigenvalue weighted by Gasteiger charge is -2.73. The zero-order chi connectivity index (χ0) is 40.2. The van der Waals surface area contributed by atoms with Gasteiger partial charge in [0, 0.05) is 5.41 Å². The van der Waals surface area contributed by atoms with Gasteiger partial charge in [0.2, 0.25) is 0 Å². The van der Waals surface area contributed by atoms with E-state index in [4.69, 9.17) is 18.9 Å². The van der Waals surface area contributed by atoms with E-state index in [1.165, 1.54) is 0 Å². The Morgan fingerprint density at radius 1 is 0.764 bits per heavy atom. The number of aliphatic carboxylic acids is 2. The summed E-state index contributed by atoms with van der Waals surface area (Å²) in [5, 5.41) is 84.7. The lowest BCUT2D eigenvalue weighted by Crippen LogP contribution is -2.68. The first kappa shape index (κ1) is 41.4. The molecule has 3 unspecified atom stereocenters. The van der Waals surface area contributed by atoms with Crippen LogP contribution in [0.4, 0.5) is 0 Å². The van der Waals surface area contributed by atoms with E-state index < -0.39 is 84.2 Å². The maximum Gasteiger partial charge on any atom is 0.335 e. The Morgan fingerprint density at radius 2 is 1.47 bits per heavy atom. The van der Waals surface area contributed by atoms with E-state index in [-0.39, 0.29) is 59.0 Å². The fourth-order valence-corrected chi connectivity index (χ4v) is 14.3. The monoisotopic (exact) mass is 780 g/mol. The van der Waals surface area contributed by atoms with Crippen LogP contribution in [0.5, 0.6) is 0 Å². The van der Waals surface area contributed by atoms with Crippen LogP contribution in [0.25, 0.3) is 0 Å². The minimum Gasteiger partial charge on any atom is -0.481 e. The van der Waals surface area contributed by atoms with Gasteiger partial charge in [0.1, 0.15) is 36.6 Å². The van der Waals surface area contributed by atoms with Gasteiger partial charge in [0.25, 0.3) is 0 Å². The fourth-order valence-electron chi connectivity index (χ4n) is 14.3. The van der Waals surface area contributed by atoms with Gasteiger partial charge in [-0.05, 0) is 117 Å². The average molecular weight is 781 g/mol. The zero-order valence-electron chi connectivity index (χ0n) is 32.9. The summed E-state index contributed by atoms with van der Waals surface area (Å²) in [7, 11) is 0. The molecule has 2 aliphatic heterocycles. The second-order valence-electron chi connectivity index (χ2n) is 19.6. The van der Waals surface area contributed by atoms with E-state index in [9.17, 15) is 50.4 Å². The Balaban J connectivity index is 1.16. The van der Waals surface area contributed by atoms with E-state index in [1.54, 1.807) is 0 Å². The maximum absolute atomic E-state index is 13.1. The molecule has 20 atom stereocenters. The highest BCUT2D eigenvalue weighted by Gasteiger charge is 2.72. The van der Waals surface area contributed by atoms with Crippen molar-refractivity contribution in [3.8, 4) is 0 Å². The molecule has 14 heteroatoms. The molecule has 0 bridgehead atoms.